The third-order valence-corrected chi connectivity index (χ3v) is 6.22. The predicted molar refractivity (Wildman–Crippen MR) is 98.9 cm³/mol. The molecule has 0 atom stereocenters. The summed E-state index contributed by atoms with van der Waals surface area (Å²) in [6.07, 6.45) is 4.45. The Kier molecular flexibility index (Phi) is 16.0. The van der Waals surface area contributed by atoms with Crippen LogP contribution < -0.4 is 0 Å². The third kappa shape index (κ3) is 12.6. The van der Waals surface area contributed by atoms with Crippen LogP contribution in [-0.4, -0.2) is 53.1 Å². The van der Waals surface area contributed by atoms with Gasteiger partial charge in [0.05, 0.1) is 0 Å². The van der Waals surface area contributed by atoms with Gasteiger partial charge in [0.15, 0.2) is 0 Å². The molecular formula is C18H34O7Sn. The average Bonchev–Trinajstić information content (AvgIpc) is 2.59. The van der Waals surface area contributed by atoms with E-state index in [4.69, 9.17) is 22.0 Å². The molecule has 0 unspecified atom stereocenters. The van der Waals surface area contributed by atoms with Crippen molar-refractivity contribution >= 4 is 33.9 Å². The number of carbonyl (C=O) groups excluding carboxylic acids is 2. The summed E-state index contributed by atoms with van der Waals surface area (Å²) in [5, 5.41) is 0. The van der Waals surface area contributed by atoms with Crippen LogP contribution in [0.25, 0.3) is 0 Å². The van der Waals surface area contributed by atoms with Gasteiger partial charge < -0.3 is 0 Å². The van der Waals surface area contributed by atoms with E-state index in [-0.39, 0.29) is 19.6 Å². The van der Waals surface area contributed by atoms with Gasteiger partial charge in [-0.15, -0.1) is 0 Å². The van der Waals surface area contributed by atoms with Crippen molar-refractivity contribution in [2.75, 3.05) is 13.2 Å². The molecule has 2 radical (unpaired) electrons. The molecule has 0 aliphatic carbocycles. The van der Waals surface area contributed by atoms with Crippen LogP contribution in [0, 0.1) is 0 Å². The summed E-state index contributed by atoms with van der Waals surface area (Å²) in [6.45, 7) is 8.50. The first-order valence-electron chi connectivity index (χ1n) is 9.65. The molecule has 0 aromatic heterocycles. The molecule has 0 spiro atoms. The quantitative estimate of drug-likeness (QED) is 0.138. The molecule has 0 aromatic carbocycles. The average molecular weight is 481 g/mol. The van der Waals surface area contributed by atoms with E-state index in [9.17, 15) is 9.59 Å². The molecule has 0 N–H and O–H groups in total. The molecule has 152 valence electrons. The Hall–Kier alpha value is -0.701. The van der Waals surface area contributed by atoms with Gasteiger partial charge in [0.25, 0.3) is 0 Å². The van der Waals surface area contributed by atoms with Gasteiger partial charge in [0, 0.05) is 0 Å². The fourth-order valence-electron chi connectivity index (χ4n) is 1.84. The Morgan fingerprint density at radius 1 is 0.769 bits per heavy atom. The minimum absolute atomic E-state index is 0.242. The van der Waals surface area contributed by atoms with E-state index >= 15 is 0 Å². The van der Waals surface area contributed by atoms with Gasteiger partial charge in [-0.3, -0.25) is 0 Å². The maximum atomic E-state index is 12.0. The first-order valence-corrected chi connectivity index (χ1v) is 12.8. The monoisotopic (exact) mass is 482 g/mol. The molecule has 7 nitrogen and oxygen atoms in total. The summed E-state index contributed by atoms with van der Waals surface area (Å²) in [6, 6.07) is 0. The number of ether oxygens (including phenoxy) is 4. The number of hydrogen-bond donors (Lipinski definition) is 0. The SMILES string of the molecule is CCCCOC(=O)OC(CCC)([O][Sn][CH2]CCC)OC(=O)OCCCC. The van der Waals surface area contributed by atoms with Crippen LogP contribution in [0.15, 0.2) is 0 Å². The molecule has 0 heterocycles. The molecule has 26 heavy (non-hydrogen) atoms. The van der Waals surface area contributed by atoms with Crippen LogP contribution in [0.2, 0.25) is 4.44 Å². The van der Waals surface area contributed by atoms with Crippen LogP contribution in [0.4, 0.5) is 9.59 Å². The molecule has 0 aromatic rings. The van der Waals surface area contributed by atoms with Crippen molar-refractivity contribution in [2.45, 2.75) is 89.5 Å². The Morgan fingerprint density at radius 3 is 1.69 bits per heavy atom. The van der Waals surface area contributed by atoms with E-state index in [1.807, 2.05) is 20.8 Å². The van der Waals surface area contributed by atoms with Crippen LogP contribution in [-0.2, 0) is 22.0 Å². The minimum atomic E-state index is -1.73. The fourth-order valence-corrected chi connectivity index (χ4v) is 4.71. The van der Waals surface area contributed by atoms with Crippen molar-refractivity contribution in [2.24, 2.45) is 0 Å². The van der Waals surface area contributed by atoms with Gasteiger partial charge in [-0.2, -0.15) is 0 Å². The molecule has 0 saturated carbocycles. The number of rotatable bonds is 15. The zero-order chi connectivity index (χ0) is 19.7. The zero-order valence-electron chi connectivity index (χ0n) is 16.6. The second-order valence-corrected chi connectivity index (χ2v) is 8.72. The van der Waals surface area contributed by atoms with Crippen molar-refractivity contribution in [3.63, 3.8) is 0 Å². The molecular weight excluding hydrogens is 447 g/mol. The molecule has 0 aliphatic heterocycles. The van der Waals surface area contributed by atoms with Gasteiger partial charge in [-0.05, 0) is 0 Å². The molecule has 0 saturated heterocycles. The Morgan fingerprint density at radius 2 is 1.27 bits per heavy atom. The topological polar surface area (TPSA) is 80.3 Å². The summed E-state index contributed by atoms with van der Waals surface area (Å²) >= 11 is -1.32. The number of hydrogen-bond acceptors (Lipinski definition) is 7. The second kappa shape index (κ2) is 16.5. The van der Waals surface area contributed by atoms with E-state index in [1.54, 1.807) is 0 Å². The summed E-state index contributed by atoms with van der Waals surface area (Å²) in [5.41, 5.74) is 0. The Labute approximate surface area is 168 Å². The normalized spacial score (nSPS) is 11.1. The number of unbranched alkanes of at least 4 members (excludes halogenated alkanes) is 3. The van der Waals surface area contributed by atoms with Gasteiger partial charge in [0.2, 0.25) is 0 Å². The van der Waals surface area contributed by atoms with Crippen molar-refractivity contribution in [3.8, 4) is 0 Å². The molecule has 8 heteroatoms. The summed E-state index contributed by atoms with van der Waals surface area (Å²) in [4.78, 5) is 24.0. The van der Waals surface area contributed by atoms with Gasteiger partial charge in [-0.1, -0.05) is 0 Å². The Bertz CT molecular complexity index is 353. The van der Waals surface area contributed by atoms with E-state index in [2.05, 4.69) is 6.92 Å². The van der Waals surface area contributed by atoms with Crippen molar-refractivity contribution in [1.82, 2.24) is 0 Å². The zero-order valence-corrected chi connectivity index (χ0v) is 19.5. The van der Waals surface area contributed by atoms with Crippen molar-refractivity contribution < 1.29 is 31.6 Å². The molecule has 0 fully saturated rings. The standard InChI is InChI=1S/C14H25O7.C4H9.Sn/c1-4-7-10-18-12(15)20-14(17,9-6-3)21-13(16)19-11-8-5-2;1-3-4-2;/h4-11H2,1-3H3;1,3-4H2,2H3;/q-1;;+1. The maximum absolute atomic E-state index is 12.0. The van der Waals surface area contributed by atoms with Gasteiger partial charge in [0.1, 0.15) is 0 Å². The van der Waals surface area contributed by atoms with Crippen LogP contribution in [0.1, 0.15) is 79.1 Å². The predicted octanol–water partition coefficient (Wildman–Crippen LogP) is 5.20. The van der Waals surface area contributed by atoms with E-state index < -0.39 is 39.8 Å². The first kappa shape index (κ1) is 25.3. The Balaban J connectivity index is 4.90. The van der Waals surface area contributed by atoms with Gasteiger partial charge in [-0.25, -0.2) is 0 Å². The van der Waals surface area contributed by atoms with E-state index in [0.29, 0.717) is 6.42 Å². The molecule has 0 aliphatic rings. The molecule has 0 rings (SSSR count). The number of carbonyl (C=O) groups is 2. The van der Waals surface area contributed by atoms with Gasteiger partial charge >= 0.3 is 168 Å². The first-order chi connectivity index (χ1) is 12.5. The van der Waals surface area contributed by atoms with Crippen LogP contribution >= 0.6 is 0 Å². The van der Waals surface area contributed by atoms with E-state index in [1.165, 1.54) is 0 Å². The summed E-state index contributed by atoms with van der Waals surface area (Å²) < 4.78 is 27.5. The summed E-state index contributed by atoms with van der Waals surface area (Å²) in [7, 11) is 0. The van der Waals surface area contributed by atoms with Crippen molar-refractivity contribution in [1.29, 1.82) is 0 Å². The third-order valence-electron chi connectivity index (χ3n) is 3.33. The fraction of sp³-hybridized carbons (Fsp3) is 0.889. The molecule has 0 bridgehead atoms. The van der Waals surface area contributed by atoms with Crippen LogP contribution in [0.3, 0.4) is 0 Å². The molecule has 0 amide bonds. The van der Waals surface area contributed by atoms with Crippen LogP contribution in [0.5, 0.6) is 0 Å². The van der Waals surface area contributed by atoms with Crippen molar-refractivity contribution in [3.05, 3.63) is 0 Å². The van der Waals surface area contributed by atoms with E-state index in [0.717, 1.165) is 43.0 Å². The second-order valence-electron chi connectivity index (χ2n) is 5.89. The summed E-state index contributed by atoms with van der Waals surface area (Å²) in [5.74, 6) is -1.73.